The number of carbonyl (C=O) groups is 2. The second-order valence-electron chi connectivity index (χ2n) is 3.07. The van der Waals surface area contributed by atoms with Crippen LogP contribution in [-0.2, 0) is 18.9 Å². The van der Waals surface area contributed by atoms with E-state index in [0.29, 0.717) is 0 Å². The quantitative estimate of drug-likeness (QED) is 0.366. The van der Waals surface area contributed by atoms with Crippen molar-refractivity contribution in [2.75, 3.05) is 20.0 Å². The van der Waals surface area contributed by atoms with Crippen molar-refractivity contribution in [3.8, 4) is 0 Å². The summed E-state index contributed by atoms with van der Waals surface area (Å²) in [6.07, 6.45) is 1.95. The molecule has 2 atom stereocenters. The van der Waals surface area contributed by atoms with Gasteiger partial charge in [-0.25, -0.2) is 4.79 Å². The lowest BCUT2D eigenvalue weighted by Gasteiger charge is -2.11. The minimum absolute atomic E-state index is 0.0343. The molecule has 0 aliphatic rings. The van der Waals surface area contributed by atoms with Crippen LogP contribution in [0.15, 0.2) is 12.2 Å². The highest BCUT2D eigenvalue weighted by molar-refractivity contribution is 7.45. The van der Waals surface area contributed by atoms with Gasteiger partial charge in [0.2, 0.25) is 0 Å². The van der Waals surface area contributed by atoms with Crippen LogP contribution in [0.2, 0.25) is 0 Å². The molecular weight excluding hydrogens is 233 g/mol. The summed E-state index contributed by atoms with van der Waals surface area (Å²) < 4.78 is 15.7. The largest absolute Gasteiger partial charge is 0.466 e. The van der Waals surface area contributed by atoms with Crippen molar-refractivity contribution in [1.29, 1.82) is 0 Å². The summed E-state index contributed by atoms with van der Waals surface area (Å²) in [5.74, 6) is -1.38. The number of ketones is 1. The maximum atomic E-state index is 11.4. The van der Waals surface area contributed by atoms with Gasteiger partial charge in [-0.1, -0.05) is 6.08 Å². The maximum absolute atomic E-state index is 11.4. The number of nitrogens with one attached hydrogen (secondary N) is 1. The predicted octanol–water partition coefficient (Wildman–Crippen LogP) is -0.270. The number of hydrogen-bond donors (Lipinski definition) is 2. The van der Waals surface area contributed by atoms with Crippen molar-refractivity contribution in [2.24, 2.45) is 0 Å². The number of Topliss-reactive ketones (excluding diaryl/α,β-unsaturated/α-hetero) is 1. The van der Waals surface area contributed by atoms with E-state index in [0.717, 1.165) is 6.08 Å². The van der Waals surface area contributed by atoms with Gasteiger partial charge in [-0.15, -0.1) is 0 Å². The number of methoxy groups -OCH3 is 1. The first kappa shape index (κ1) is 15.0. The molecular formula is C9H16NO5P. The van der Waals surface area contributed by atoms with Crippen molar-refractivity contribution in [2.45, 2.75) is 12.7 Å². The molecule has 0 aromatic heterocycles. The van der Waals surface area contributed by atoms with E-state index in [1.54, 1.807) is 0 Å². The van der Waals surface area contributed by atoms with Gasteiger partial charge in [-0.05, 0) is 6.92 Å². The van der Waals surface area contributed by atoms with Crippen molar-refractivity contribution in [3.05, 3.63) is 12.2 Å². The van der Waals surface area contributed by atoms with Crippen LogP contribution in [0.4, 0.5) is 0 Å². The summed E-state index contributed by atoms with van der Waals surface area (Å²) in [7, 11) is -1.10. The van der Waals surface area contributed by atoms with Crippen LogP contribution in [0.1, 0.15) is 6.92 Å². The molecule has 0 aromatic rings. The van der Waals surface area contributed by atoms with Gasteiger partial charge in [0.1, 0.15) is 13.6 Å². The van der Waals surface area contributed by atoms with E-state index < -0.39 is 25.9 Å². The van der Waals surface area contributed by atoms with Gasteiger partial charge in [0.05, 0.1) is 25.8 Å². The Bertz CT molecular complexity index is 302. The molecule has 2 unspecified atom stereocenters. The highest BCUT2D eigenvalue weighted by atomic mass is 31.1. The molecule has 0 saturated heterocycles. The number of esters is 1. The van der Waals surface area contributed by atoms with Gasteiger partial charge in [-0.2, -0.15) is 0 Å². The lowest BCUT2D eigenvalue weighted by Crippen LogP contribution is -2.29. The maximum Gasteiger partial charge on any atom is 0.330 e. The highest BCUT2D eigenvalue weighted by Crippen LogP contribution is 2.25. The van der Waals surface area contributed by atoms with Crippen LogP contribution in [0.3, 0.4) is 0 Å². The third-order valence-corrected chi connectivity index (χ3v) is 3.10. The number of carbonyl (C=O) groups excluding carboxylic acids is 2. The Morgan fingerprint density at radius 1 is 1.56 bits per heavy atom. The van der Waals surface area contributed by atoms with Crippen molar-refractivity contribution >= 4 is 19.6 Å². The first-order valence-corrected chi connectivity index (χ1v) is 6.33. The predicted molar refractivity (Wildman–Crippen MR) is 59.7 cm³/mol. The Labute approximate surface area is 94.5 Å². The third kappa shape index (κ3) is 6.50. The van der Waals surface area contributed by atoms with Gasteiger partial charge in [0.25, 0.3) is 0 Å². The molecule has 16 heavy (non-hydrogen) atoms. The van der Waals surface area contributed by atoms with Crippen LogP contribution in [0.25, 0.3) is 0 Å². The van der Waals surface area contributed by atoms with Crippen LogP contribution in [0.5, 0.6) is 0 Å². The summed E-state index contributed by atoms with van der Waals surface area (Å²) in [6.45, 7) is 1.41. The highest BCUT2D eigenvalue weighted by Gasteiger charge is 2.12. The molecule has 0 aliphatic carbocycles. The Balaban J connectivity index is 4.42. The van der Waals surface area contributed by atoms with Gasteiger partial charge in [-0.3, -0.25) is 10.1 Å². The lowest BCUT2D eigenvalue weighted by molar-refractivity contribution is -0.134. The number of aliphatic hydroxyl groups is 1. The molecule has 0 bridgehead atoms. The molecule has 0 heterocycles. The molecule has 0 aromatic carbocycles. The van der Waals surface area contributed by atoms with Gasteiger partial charge in [0.15, 0.2) is 0 Å². The number of hydrogen-bond acceptors (Lipinski definition) is 6. The van der Waals surface area contributed by atoms with Crippen LogP contribution in [-0.4, -0.2) is 42.6 Å². The van der Waals surface area contributed by atoms with Crippen LogP contribution < -0.4 is 5.32 Å². The molecule has 0 amide bonds. The molecule has 0 rings (SSSR count). The van der Waals surface area contributed by atoms with E-state index in [1.165, 1.54) is 20.1 Å². The minimum Gasteiger partial charge on any atom is -0.466 e. The monoisotopic (exact) mass is 249 g/mol. The number of ether oxygens (including phenoxy) is 1. The molecule has 92 valence electrons. The Hall–Kier alpha value is -0.970. The van der Waals surface area contributed by atoms with Gasteiger partial charge < -0.3 is 14.4 Å². The Morgan fingerprint density at radius 2 is 2.19 bits per heavy atom. The van der Waals surface area contributed by atoms with E-state index in [1.807, 2.05) is 0 Å². The molecule has 0 spiro atoms. The molecule has 0 radical (unpaired) electrons. The summed E-state index contributed by atoms with van der Waals surface area (Å²) in [5.41, 5.74) is 0. The van der Waals surface area contributed by atoms with Crippen molar-refractivity contribution < 1.29 is 24.0 Å². The van der Waals surface area contributed by atoms with E-state index in [-0.39, 0.29) is 12.3 Å². The fourth-order valence-corrected chi connectivity index (χ4v) is 1.72. The summed E-state index contributed by atoms with van der Waals surface area (Å²) >= 11 is 0. The average molecular weight is 249 g/mol. The summed E-state index contributed by atoms with van der Waals surface area (Å²) in [5, 5.41) is 11.4. The van der Waals surface area contributed by atoms with Crippen LogP contribution >= 0.6 is 7.80 Å². The first-order chi connectivity index (χ1) is 7.51. The fourth-order valence-electron chi connectivity index (χ4n) is 0.884. The lowest BCUT2D eigenvalue weighted by atomic mass is 10.4. The minimum atomic E-state index is -2.32. The SMILES string of the molecule is COC(=O)C=CC(NCC(C)=O)[PH](=O)CO. The zero-order valence-corrected chi connectivity index (χ0v) is 10.2. The Morgan fingerprint density at radius 3 is 2.62 bits per heavy atom. The second kappa shape index (κ2) is 8.21. The molecule has 0 fully saturated rings. The van der Waals surface area contributed by atoms with E-state index >= 15 is 0 Å². The molecule has 2 N–H and O–H groups in total. The first-order valence-electron chi connectivity index (χ1n) is 4.63. The fraction of sp³-hybridized carbons (Fsp3) is 0.556. The Kier molecular flexibility index (Phi) is 7.72. The second-order valence-corrected chi connectivity index (χ2v) is 4.94. The zero-order chi connectivity index (χ0) is 12.6. The summed E-state index contributed by atoms with van der Waals surface area (Å²) in [4.78, 5) is 21.5. The normalized spacial score (nSPS) is 14.7. The average Bonchev–Trinajstić information content (AvgIpc) is 2.27. The summed E-state index contributed by atoms with van der Waals surface area (Å²) in [6, 6.07) is 0. The van der Waals surface area contributed by atoms with E-state index in [4.69, 9.17) is 5.11 Å². The molecule has 0 saturated carbocycles. The van der Waals surface area contributed by atoms with Gasteiger partial charge in [0, 0.05) is 6.08 Å². The van der Waals surface area contributed by atoms with Crippen molar-refractivity contribution in [3.63, 3.8) is 0 Å². The molecule has 0 aliphatic heterocycles. The standard InChI is InChI=1S/C9H16NO5P/c1-7(12)5-10-8(16(14)6-11)3-4-9(13)15-2/h3-4,8,10-11,16H,5-6H2,1-2H3. The van der Waals surface area contributed by atoms with E-state index in [2.05, 4.69) is 10.1 Å². The molecule has 7 heteroatoms. The smallest absolute Gasteiger partial charge is 0.330 e. The number of rotatable bonds is 7. The van der Waals surface area contributed by atoms with Crippen LogP contribution in [0, 0.1) is 0 Å². The number of aliphatic hydroxyl groups excluding tert-OH is 1. The third-order valence-electron chi connectivity index (χ3n) is 1.70. The molecule has 6 nitrogen and oxygen atoms in total. The van der Waals surface area contributed by atoms with Crippen molar-refractivity contribution in [1.82, 2.24) is 5.32 Å². The zero-order valence-electron chi connectivity index (χ0n) is 9.23. The van der Waals surface area contributed by atoms with E-state index in [9.17, 15) is 14.2 Å². The topological polar surface area (TPSA) is 92.7 Å². The van der Waals surface area contributed by atoms with Gasteiger partial charge >= 0.3 is 5.97 Å².